The molecule has 2 atom stereocenters. The highest BCUT2D eigenvalue weighted by Gasteiger charge is 2.27. The fraction of sp³-hybridized carbons (Fsp3) is 0.600. The van der Waals surface area contributed by atoms with Gasteiger partial charge in [0.1, 0.15) is 0 Å². The van der Waals surface area contributed by atoms with Gasteiger partial charge < -0.3 is 5.73 Å². The molecule has 0 spiro atoms. The first kappa shape index (κ1) is 12.6. The zero-order valence-electron chi connectivity index (χ0n) is 11.2. The Morgan fingerprint density at radius 3 is 2.59 bits per heavy atom. The minimum absolute atomic E-state index is 0.367. The van der Waals surface area contributed by atoms with Crippen molar-refractivity contribution in [2.45, 2.75) is 51.7 Å². The average Bonchev–Trinajstić information content (AvgIpc) is 2.70. The van der Waals surface area contributed by atoms with Gasteiger partial charge in [0, 0.05) is 18.6 Å². The quantitative estimate of drug-likeness (QED) is 0.868. The minimum atomic E-state index is 0.367. The van der Waals surface area contributed by atoms with Crippen LogP contribution in [0.15, 0.2) is 18.2 Å². The van der Waals surface area contributed by atoms with Crippen molar-refractivity contribution in [1.29, 1.82) is 0 Å². The topological polar surface area (TPSA) is 29.3 Å². The van der Waals surface area contributed by atoms with Crippen LogP contribution in [0.25, 0.3) is 0 Å². The summed E-state index contributed by atoms with van der Waals surface area (Å²) < 4.78 is 0. The van der Waals surface area contributed by atoms with Crippen LogP contribution >= 0.6 is 0 Å². The van der Waals surface area contributed by atoms with Gasteiger partial charge in [-0.15, -0.1) is 0 Å². The third-order valence-electron chi connectivity index (χ3n) is 4.10. The van der Waals surface area contributed by atoms with Crippen molar-refractivity contribution in [2.24, 2.45) is 5.73 Å². The fourth-order valence-electron chi connectivity index (χ4n) is 2.82. The van der Waals surface area contributed by atoms with Gasteiger partial charge in [-0.05, 0) is 50.4 Å². The highest BCUT2D eigenvalue weighted by molar-refractivity contribution is 5.29. The van der Waals surface area contributed by atoms with Gasteiger partial charge in [-0.25, -0.2) is 0 Å². The lowest BCUT2D eigenvalue weighted by Crippen LogP contribution is -2.41. The molecule has 2 unspecified atom stereocenters. The van der Waals surface area contributed by atoms with Crippen LogP contribution in [0.2, 0.25) is 0 Å². The Morgan fingerprint density at radius 2 is 2.00 bits per heavy atom. The van der Waals surface area contributed by atoms with Gasteiger partial charge in [-0.2, -0.15) is 0 Å². The molecular formula is C15H24N2. The van der Waals surface area contributed by atoms with Crippen LogP contribution in [0.4, 0.5) is 0 Å². The Balaban J connectivity index is 2.02. The van der Waals surface area contributed by atoms with Crippen molar-refractivity contribution in [3.05, 3.63) is 34.9 Å². The summed E-state index contributed by atoms with van der Waals surface area (Å²) in [4.78, 5) is 2.42. The summed E-state index contributed by atoms with van der Waals surface area (Å²) in [7, 11) is 2.20. The van der Waals surface area contributed by atoms with E-state index in [1.807, 2.05) is 0 Å². The molecule has 2 rings (SSSR count). The van der Waals surface area contributed by atoms with Crippen LogP contribution in [0.1, 0.15) is 36.0 Å². The third-order valence-corrected chi connectivity index (χ3v) is 4.10. The lowest BCUT2D eigenvalue weighted by molar-refractivity contribution is 0.220. The second-order valence-corrected chi connectivity index (χ2v) is 5.50. The first-order valence-corrected chi connectivity index (χ1v) is 6.60. The van der Waals surface area contributed by atoms with Gasteiger partial charge in [0.15, 0.2) is 0 Å². The summed E-state index contributed by atoms with van der Waals surface area (Å²) in [6, 6.07) is 7.68. The highest BCUT2D eigenvalue weighted by atomic mass is 15.1. The standard InChI is InChI=1S/C15H24N2/c1-11-7-8-13(9-12(11)2)10-17(3)15-6-4-5-14(15)16/h7-9,14-15H,4-6,10,16H2,1-3H3. The Morgan fingerprint density at radius 1 is 1.24 bits per heavy atom. The van der Waals surface area contributed by atoms with Crippen LogP contribution in [0, 0.1) is 13.8 Å². The Hall–Kier alpha value is -0.860. The van der Waals surface area contributed by atoms with Crippen molar-refractivity contribution in [1.82, 2.24) is 4.90 Å². The second kappa shape index (κ2) is 5.19. The summed E-state index contributed by atoms with van der Waals surface area (Å²) in [6.07, 6.45) is 3.72. The number of nitrogens with zero attached hydrogens (tertiary/aromatic N) is 1. The maximum absolute atomic E-state index is 6.15. The van der Waals surface area contributed by atoms with Crippen LogP contribution in [0.5, 0.6) is 0 Å². The monoisotopic (exact) mass is 232 g/mol. The summed E-state index contributed by atoms with van der Waals surface area (Å²) in [5, 5.41) is 0. The van der Waals surface area contributed by atoms with Crippen molar-refractivity contribution >= 4 is 0 Å². The maximum Gasteiger partial charge on any atom is 0.0247 e. The maximum atomic E-state index is 6.15. The molecular weight excluding hydrogens is 208 g/mol. The smallest absolute Gasteiger partial charge is 0.0247 e. The first-order valence-electron chi connectivity index (χ1n) is 6.60. The van der Waals surface area contributed by atoms with E-state index in [1.165, 1.54) is 36.0 Å². The van der Waals surface area contributed by atoms with E-state index in [4.69, 9.17) is 5.73 Å². The predicted molar refractivity (Wildman–Crippen MR) is 73.0 cm³/mol. The molecule has 2 N–H and O–H groups in total. The summed E-state index contributed by atoms with van der Waals surface area (Å²) >= 11 is 0. The normalized spacial score (nSPS) is 24.5. The number of rotatable bonds is 3. The molecule has 17 heavy (non-hydrogen) atoms. The van der Waals surface area contributed by atoms with Gasteiger partial charge in [0.05, 0.1) is 0 Å². The molecule has 0 bridgehead atoms. The van der Waals surface area contributed by atoms with Crippen molar-refractivity contribution in [3.8, 4) is 0 Å². The molecule has 2 nitrogen and oxygen atoms in total. The van der Waals surface area contributed by atoms with E-state index in [9.17, 15) is 0 Å². The molecule has 1 aromatic carbocycles. The lowest BCUT2D eigenvalue weighted by atomic mass is 10.0. The van der Waals surface area contributed by atoms with Crippen molar-refractivity contribution in [2.75, 3.05) is 7.05 Å². The SMILES string of the molecule is Cc1ccc(CN(C)C2CCCC2N)cc1C. The molecule has 0 radical (unpaired) electrons. The Labute approximate surface area is 105 Å². The molecule has 2 heteroatoms. The second-order valence-electron chi connectivity index (χ2n) is 5.50. The van der Waals surface area contributed by atoms with Crippen LogP contribution in [-0.2, 0) is 6.54 Å². The van der Waals surface area contributed by atoms with Crippen molar-refractivity contribution < 1.29 is 0 Å². The number of hydrogen-bond donors (Lipinski definition) is 1. The van der Waals surface area contributed by atoms with Gasteiger partial charge in [-0.1, -0.05) is 24.6 Å². The molecule has 0 aromatic heterocycles. The number of hydrogen-bond acceptors (Lipinski definition) is 2. The Kier molecular flexibility index (Phi) is 3.85. The molecule has 1 aliphatic rings. The Bertz CT molecular complexity index is 387. The van der Waals surface area contributed by atoms with Crippen LogP contribution < -0.4 is 5.73 Å². The van der Waals surface area contributed by atoms with E-state index in [-0.39, 0.29) is 0 Å². The van der Waals surface area contributed by atoms with Crippen LogP contribution in [0.3, 0.4) is 0 Å². The molecule has 1 fully saturated rings. The van der Waals surface area contributed by atoms with Gasteiger partial charge in [-0.3, -0.25) is 4.90 Å². The highest BCUT2D eigenvalue weighted by Crippen LogP contribution is 2.23. The van der Waals surface area contributed by atoms with E-state index < -0.39 is 0 Å². The van der Waals surface area contributed by atoms with Gasteiger partial charge >= 0.3 is 0 Å². The van der Waals surface area contributed by atoms with E-state index in [2.05, 4.69) is 44.0 Å². The molecule has 1 saturated carbocycles. The molecule has 0 saturated heterocycles. The lowest BCUT2D eigenvalue weighted by Gasteiger charge is -2.27. The fourth-order valence-corrected chi connectivity index (χ4v) is 2.82. The molecule has 0 aliphatic heterocycles. The van der Waals surface area contributed by atoms with Gasteiger partial charge in [0.2, 0.25) is 0 Å². The summed E-state index contributed by atoms with van der Waals surface area (Å²) in [5.41, 5.74) is 10.3. The van der Waals surface area contributed by atoms with E-state index in [0.717, 1.165) is 6.54 Å². The number of aryl methyl sites for hydroxylation is 2. The molecule has 0 heterocycles. The zero-order chi connectivity index (χ0) is 12.4. The van der Waals surface area contributed by atoms with Gasteiger partial charge in [0.25, 0.3) is 0 Å². The summed E-state index contributed by atoms with van der Waals surface area (Å²) in [5.74, 6) is 0. The van der Waals surface area contributed by atoms with Crippen molar-refractivity contribution in [3.63, 3.8) is 0 Å². The molecule has 0 amide bonds. The molecule has 94 valence electrons. The zero-order valence-corrected chi connectivity index (χ0v) is 11.2. The predicted octanol–water partition coefficient (Wildman–Crippen LogP) is 2.62. The minimum Gasteiger partial charge on any atom is -0.326 e. The number of likely N-dealkylation sites (N-methyl/N-ethyl adjacent to an activating group) is 1. The van der Waals surface area contributed by atoms with E-state index in [0.29, 0.717) is 12.1 Å². The number of benzene rings is 1. The van der Waals surface area contributed by atoms with E-state index in [1.54, 1.807) is 0 Å². The van der Waals surface area contributed by atoms with Crippen LogP contribution in [-0.4, -0.2) is 24.0 Å². The number of nitrogens with two attached hydrogens (primary N) is 1. The average molecular weight is 232 g/mol. The van der Waals surface area contributed by atoms with E-state index >= 15 is 0 Å². The third kappa shape index (κ3) is 2.88. The molecule has 1 aromatic rings. The summed E-state index contributed by atoms with van der Waals surface area (Å²) in [6.45, 7) is 5.36. The largest absolute Gasteiger partial charge is 0.326 e. The molecule has 1 aliphatic carbocycles. The first-order chi connectivity index (χ1) is 8.08.